The van der Waals surface area contributed by atoms with Crippen molar-refractivity contribution in [3.05, 3.63) is 131 Å². The van der Waals surface area contributed by atoms with Crippen LogP contribution in [0, 0.1) is 5.41 Å². The first-order valence-electron chi connectivity index (χ1n) is 15.1. The van der Waals surface area contributed by atoms with Crippen LogP contribution in [0.25, 0.3) is 0 Å². The van der Waals surface area contributed by atoms with E-state index in [1.54, 1.807) is 0 Å². The SMILES string of the molecule is CC1(C)COB(c2cc(C[C@H](NC(=O)OCc3ccccc3)C(=O)OCc3ccccc3)ccc2OCc2ccccc2)OC1. The van der Waals surface area contributed by atoms with Gasteiger partial charge in [-0.15, -0.1) is 0 Å². The van der Waals surface area contributed by atoms with Crippen molar-refractivity contribution in [2.45, 2.75) is 46.1 Å². The largest absolute Gasteiger partial charge is 0.497 e. The summed E-state index contributed by atoms with van der Waals surface area (Å²) in [5.74, 6) is 0.0409. The molecule has 9 heteroatoms. The highest BCUT2D eigenvalue weighted by Crippen LogP contribution is 2.24. The van der Waals surface area contributed by atoms with Crippen LogP contribution in [0.15, 0.2) is 109 Å². The summed E-state index contributed by atoms with van der Waals surface area (Å²) >= 11 is 0. The Labute approximate surface area is 264 Å². The molecule has 1 aliphatic rings. The molecule has 0 unspecified atom stereocenters. The van der Waals surface area contributed by atoms with Gasteiger partial charge in [0.25, 0.3) is 0 Å². The molecule has 0 radical (unpaired) electrons. The lowest BCUT2D eigenvalue weighted by Gasteiger charge is -2.33. The van der Waals surface area contributed by atoms with E-state index in [0.29, 0.717) is 31.0 Å². The molecule has 1 amide bonds. The third-order valence-electron chi connectivity index (χ3n) is 7.27. The maximum Gasteiger partial charge on any atom is 0.497 e. The predicted octanol–water partition coefficient (Wildman–Crippen LogP) is 5.61. The maximum absolute atomic E-state index is 13.3. The number of ether oxygens (including phenoxy) is 3. The van der Waals surface area contributed by atoms with Crippen LogP contribution in [0.2, 0.25) is 0 Å². The van der Waals surface area contributed by atoms with Gasteiger partial charge in [0, 0.05) is 30.5 Å². The molecule has 8 nitrogen and oxygen atoms in total. The van der Waals surface area contributed by atoms with Gasteiger partial charge in [0.1, 0.15) is 31.6 Å². The lowest BCUT2D eigenvalue weighted by molar-refractivity contribution is -0.147. The van der Waals surface area contributed by atoms with E-state index in [0.717, 1.165) is 22.3 Å². The predicted molar refractivity (Wildman–Crippen MR) is 172 cm³/mol. The summed E-state index contributed by atoms with van der Waals surface area (Å²) in [4.78, 5) is 26.2. The van der Waals surface area contributed by atoms with Gasteiger partial charge >= 0.3 is 19.2 Å². The quantitative estimate of drug-likeness (QED) is 0.165. The Bertz CT molecular complexity index is 1520. The molecule has 1 fully saturated rings. The summed E-state index contributed by atoms with van der Waals surface area (Å²) in [6.07, 6.45) is -0.567. The molecule has 45 heavy (non-hydrogen) atoms. The third-order valence-corrected chi connectivity index (χ3v) is 7.27. The van der Waals surface area contributed by atoms with Crippen LogP contribution in [0.4, 0.5) is 4.79 Å². The molecule has 0 spiro atoms. The van der Waals surface area contributed by atoms with E-state index >= 15 is 0 Å². The number of benzene rings is 4. The van der Waals surface area contributed by atoms with Gasteiger partial charge in [-0.25, -0.2) is 9.59 Å². The van der Waals surface area contributed by atoms with Crippen LogP contribution in [0.5, 0.6) is 5.75 Å². The standard InChI is InChI=1S/C36H38BNO7/c1-36(2)25-44-37(45-26-36)31-20-30(18-19-33(31)41-22-27-12-6-3-7-13-27)21-32(34(39)42-23-28-14-8-4-9-15-28)38-35(40)43-24-29-16-10-5-11-17-29/h3-20,32H,21-26H2,1-2H3,(H,38,40)/t32-/m0/s1. The average molecular weight is 608 g/mol. The normalized spacial score (nSPS) is 14.7. The number of esters is 1. The first kappa shape index (κ1) is 31.8. The number of rotatable bonds is 12. The number of hydrogen-bond acceptors (Lipinski definition) is 7. The third kappa shape index (κ3) is 9.70. The summed E-state index contributed by atoms with van der Waals surface area (Å²) in [5.41, 5.74) is 4.06. The second-order valence-electron chi connectivity index (χ2n) is 11.8. The van der Waals surface area contributed by atoms with E-state index in [9.17, 15) is 9.59 Å². The van der Waals surface area contributed by atoms with Crippen LogP contribution in [-0.2, 0) is 49.8 Å². The fourth-order valence-electron chi connectivity index (χ4n) is 4.81. The zero-order valence-electron chi connectivity index (χ0n) is 25.6. The summed E-state index contributed by atoms with van der Waals surface area (Å²) in [7, 11) is -0.643. The number of hydrogen-bond donors (Lipinski definition) is 1. The van der Waals surface area contributed by atoms with E-state index in [4.69, 9.17) is 23.5 Å². The Hall–Kier alpha value is -4.60. The summed E-state index contributed by atoms with van der Waals surface area (Å²) in [5, 5.41) is 2.71. The lowest BCUT2D eigenvalue weighted by Crippen LogP contribution is -2.48. The molecule has 1 atom stereocenters. The van der Waals surface area contributed by atoms with Crippen LogP contribution in [0.3, 0.4) is 0 Å². The Morgan fingerprint density at radius 3 is 1.84 bits per heavy atom. The smallest absolute Gasteiger partial charge is 0.489 e. The van der Waals surface area contributed by atoms with Crippen LogP contribution in [0.1, 0.15) is 36.1 Å². The van der Waals surface area contributed by atoms with Gasteiger partial charge in [0.15, 0.2) is 0 Å². The topological polar surface area (TPSA) is 92.3 Å². The summed E-state index contributed by atoms with van der Waals surface area (Å²) in [6.45, 7) is 5.72. The minimum Gasteiger partial charge on any atom is -0.489 e. The fourth-order valence-corrected chi connectivity index (χ4v) is 4.81. The first-order valence-corrected chi connectivity index (χ1v) is 15.1. The molecular formula is C36H38BNO7. The van der Waals surface area contributed by atoms with Crippen molar-refractivity contribution >= 4 is 24.6 Å². The Balaban J connectivity index is 1.34. The molecule has 0 bridgehead atoms. The number of amides is 1. The Kier molecular flexibility index (Phi) is 10.9. The van der Waals surface area contributed by atoms with Crippen molar-refractivity contribution in [2.24, 2.45) is 5.41 Å². The van der Waals surface area contributed by atoms with Crippen LogP contribution in [-0.4, -0.2) is 38.4 Å². The molecular weight excluding hydrogens is 569 g/mol. The van der Waals surface area contributed by atoms with Gasteiger partial charge in [-0.3, -0.25) is 0 Å². The lowest BCUT2D eigenvalue weighted by atomic mass is 9.74. The second kappa shape index (κ2) is 15.4. The summed E-state index contributed by atoms with van der Waals surface area (Å²) < 4.78 is 29.5. The number of nitrogens with one attached hydrogen (secondary N) is 1. The molecule has 0 aromatic heterocycles. The van der Waals surface area contributed by atoms with Crippen molar-refractivity contribution in [2.75, 3.05) is 13.2 Å². The minimum atomic E-state index is -1.01. The van der Waals surface area contributed by atoms with E-state index < -0.39 is 25.2 Å². The number of carbonyl (C=O) groups excluding carboxylic acids is 2. The molecule has 1 saturated heterocycles. The summed E-state index contributed by atoms with van der Waals surface area (Å²) in [6, 6.07) is 33.2. The Morgan fingerprint density at radius 1 is 0.733 bits per heavy atom. The first-order chi connectivity index (χ1) is 21.8. The van der Waals surface area contributed by atoms with E-state index in [1.807, 2.05) is 109 Å². The fraction of sp³-hybridized carbons (Fsp3) is 0.278. The highest BCUT2D eigenvalue weighted by Gasteiger charge is 2.36. The van der Waals surface area contributed by atoms with Crippen molar-refractivity contribution in [3.63, 3.8) is 0 Å². The van der Waals surface area contributed by atoms with E-state index in [1.165, 1.54) is 0 Å². The Morgan fingerprint density at radius 2 is 1.27 bits per heavy atom. The van der Waals surface area contributed by atoms with Gasteiger partial charge in [0.2, 0.25) is 0 Å². The minimum absolute atomic E-state index is 0.0722. The van der Waals surface area contributed by atoms with Gasteiger partial charge < -0.3 is 28.8 Å². The van der Waals surface area contributed by atoms with Crippen molar-refractivity contribution in [3.8, 4) is 5.75 Å². The highest BCUT2D eigenvalue weighted by atomic mass is 16.6. The highest BCUT2D eigenvalue weighted by molar-refractivity contribution is 6.62. The zero-order valence-corrected chi connectivity index (χ0v) is 25.6. The molecule has 0 saturated carbocycles. The van der Waals surface area contributed by atoms with Gasteiger partial charge in [-0.2, -0.15) is 0 Å². The van der Waals surface area contributed by atoms with Gasteiger partial charge in [-0.1, -0.05) is 117 Å². The van der Waals surface area contributed by atoms with Crippen molar-refractivity contribution in [1.29, 1.82) is 0 Å². The number of alkyl carbamates (subject to hydrolysis) is 1. The molecule has 1 N–H and O–H groups in total. The van der Waals surface area contributed by atoms with E-state index in [2.05, 4.69) is 19.2 Å². The molecule has 232 valence electrons. The average Bonchev–Trinajstić information content (AvgIpc) is 3.07. The molecule has 4 aromatic carbocycles. The van der Waals surface area contributed by atoms with Gasteiger partial charge in [-0.05, 0) is 28.3 Å². The zero-order chi connectivity index (χ0) is 31.5. The molecule has 1 heterocycles. The maximum atomic E-state index is 13.3. The molecule has 5 rings (SSSR count). The van der Waals surface area contributed by atoms with E-state index in [-0.39, 0.29) is 25.0 Å². The van der Waals surface area contributed by atoms with Crippen molar-refractivity contribution < 1.29 is 33.1 Å². The second-order valence-corrected chi connectivity index (χ2v) is 11.8. The number of carbonyl (C=O) groups is 2. The molecule has 1 aliphatic heterocycles. The van der Waals surface area contributed by atoms with Gasteiger partial charge in [0.05, 0.1) is 0 Å². The van der Waals surface area contributed by atoms with Crippen molar-refractivity contribution in [1.82, 2.24) is 5.32 Å². The van der Waals surface area contributed by atoms with Crippen LogP contribution >= 0.6 is 0 Å². The monoisotopic (exact) mass is 607 g/mol. The molecule has 4 aromatic rings. The molecule has 0 aliphatic carbocycles. The van der Waals surface area contributed by atoms with Crippen LogP contribution < -0.4 is 15.5 Å².